The minimum atomic E-state index is 0.558. The van der Waals surface area contributed by atoms with Crippen LogP contribution in [0.4, 0.5) is 0 Å². The van der Waals surface area contributed by atoms with Crippen molar-refractivity contribution in [3.05, 3.63) is 53.9 Å². The average Bonchev–Trinajstić information content (AvgIpc) is 2.85. The molecule has 0 amide bonds. The van der Waals surface area contributed by atoms with Gasteiger partial charge in [0, 0.05) is 24.3 Å². The Morgan fingerprint density at radius 1 is 1.22 bits per heavy atom. The maximum Gasteiger partial charge on any atom is 0.0659 e. The van der Waals surface area contributed by atoms with Gasteiger partial charge >= 0.3 is 0 Å². The summed E-state index contributed by atoms with van der Waals surface area (Å²) in [5, 5.41) is 7.86. The Morgan fingerprint density at radius 2 is 2.00 bits per heavy atom. The molecule has 0 aliphatic heterocycles. The molecule has 18 heavy (non-hydrogen) atoms. The molecule has 2 aromatic rings. The third kappa shape index (κ3) is 3.70. The lowest BCUT2D eigenvalue weighted by Crippen LogP contribution is -2.24. The van der Waals surface area contributed by atoms with Crippen molar-refractivity contribution in [2.75, 3.05) is 0 Å². The summed E-state index contributed by atoms with van der Waals surface area (Å²) < 4.78 is 1.99. The van der Waals surface area contributed by atoms with Crippen LogP contribution >= 0.6 is 0 Å². The first-order chi connectivity index (χ1) is 8.78. The minimum absolute atomic E-state index is 0.558. The van der Waals surface area contributed by atoms with Crippen LogP contribution < -0.4 is 5.32 Å². The Kier molecular flexibility index (Phi) is 4.53. The third-order valence-electron chi connectivity index (χ3n) is 3.14. The van der Waals surface area contributed by atoms with Gasteiger partial charge in [0.15, 0.2) is 0 Å². The van der Waals surface area contributed by atoms with E-state index in [2.05, 4.69) is 54.7 Å². The normalized spacial score (nSPS) is 12.6. The Bertz CT molecular complexity index is 462. The van der Waals surface area contributed by atoms with Gasteiger partial charge in [0.1, 0.15) is 0 Å². The minimum Gasteiger partial charge on any atom is -0.310 e. The smallest absolute Gasteiger partial charge is 0.0659 e. The van der Waals surface area contributed by atoms with Crippen LogP contribution in [0.15, 0.2) is 42.7 Å². The Morgan fingerprint density at radius 3 is 2.72 bits per heavy atom. The fourth-order valence-electron chi connectivity index (χ4n) is 1.79. The predicted molar refractivity (Wildman–Crippen MR) is 74.4 cm³/mol. The maximum atomic E-state index is 4.39. The summed E-state index contributed by atoms with van der Waals surface area (Å²) in [5.74, 6) is 0. The van der Waals surface area contributed by atoms with Gasteiger partial charge in [-0.05, 0) is 18.9 Å². The molecule has 1 aromatic heterocycles. The van der Waals surface area contributed by atoms with E-state index in [1.54, 1.807) is 0 Å². The van der Waals surface area contributed by atoms with E-state index in [1.165, 1.54) is 11.1 Å². The summed E-state index contributed by atoms with van der Waals surface area (Å²) in [7, 11) is 0. The van der Waals surface area contributed by atoms with Crippen molar-refractivity contribution in [3.63, 3.8) is 0 Å². The monoisotopic (exact) mass is 243 g/mol. The number of hydrogen-bond donors (Lipinski definition) is 1. The van der Waals surface area contributed by atoms with Gasteiger partial charge < -0.3 is 5.32 Å². The van der Waals surface area contributed by atoms with Crippen molar-refractivity contribution in [1.29, 1.82) is 0 Å². The second-order valence-corrected chi connectivity index (χ2v) is 4.72. The molecule has 0 aliphatic rings. The van der Waals surface area contributed by atoms with E-state index in [9.17, 15) is 0 Å². The number of benzene rings is 1. The zero-order valence-electron chi connectivity index (χ0n) is 11.1. The van der Waals surface area contributed by atoms with Crippen LogP contribution in [0.5, 0.6) is 0 Å². The van der Waals surface area contributed by atoms with E-state index >= 15 is 0 Å². The van der Waals surface area contributed by atoms with Crippen LogP contribution in [0.1, 0.15) is 31.4 Å². The molecular weight excluding hydrogens is 222 g/mol. The second kappa shape index (κ2) is 6.36. The summed E-state index contributed by atoms with van der Waals surface area (Å²) >= 11 is 0. The molecule has 0 spiro atoms. The number of aromatic nitrogens is 2. The topological polar surface area (TPSA) is 29.9 Å². The molecule has 0 radical (unpaired) electrons. The molecule has 3 nitrogen and oxygen atoms in total. The van der Waals surface area contributed by atoms with Gasteiger partial charge in [-0.2, -0.15) is 5.10 Å². The van der Waals surface area contributed by atoms with Gasteiger partial charge in [0.05, 0.1) is 12.7 Å². The molecule has 1 unspecified atom stereocenters. The van der Waals surface area contributed by atoms with E-state index in [0.29, 0.717) is 6.04 Å². The van der Waals surface area contributed by atoms with Crippen molar-refractivity contribution in [2.45, 2.75) is 39.4 Å². The summed E-state index contributed by atoms with van der Waals surface area (Å²) in [5.41, 5.74) is 2.52. The third-order valence-corrected chi connectivity index (χ3v) is 3.14. The number of rotatable bonds is 6. The van der Waals surface area contributed by atoms with E-state index in [4.69, 9.17) is 0 Å². The zero-order chi connectivity index (χ0) is 12.8. The molecule has 1 heterocycles. The highest BCUT2D eigenvalue weighted by Gasteiger charge is 2.01. The van der Waals surface area contributed by atoms with Gasteiger partial charge in [-0.1, -0.05) is 37.3 Å². The van der Waals surface area contributed by atoms with Crippen LogP contribution in [0.3, 0.4) is 0 Å². The fraction of sp³-hybridized carbons (Fsp3) is 0.400. The summed E-state index contributed by atoms with van der Waals surface area (Å²) in [6.07, 6.45) is 5.21. The quantitative estimate of drug-likeness (QED) is 0.845. The van der Waals surface area contributed by atoms with Gasteiger partial charge in [-0.25, -0.2) is 0 Å². The van der Waals surface area contributed by atoms with Crippen LogP contribution in [-0.4, -0.2) is 15.8 Å². The molecular formula is C15H21N3. The molecule has 2 rings (SSSR count). The molecule has 0 fully saturated rings. The highest BCUT2D eigenvalue weighted by Crippen LogP contribution is 2.04. The van der Waals surface area contributed by atoms with Crippen molar-refractivity contribution in [2.24, 2.45) is 0 Å². The zero-order valence-corrected chi connectivity index (χ0v) is 11.1. The maximum absolute atomic E-state index is 4.39. The van der Waals surface area contributed by atoms with Crippen LogP contribution in [0, 0.1) is 0 Å². The molecule has 96 valence electrons. The first kappa shape index (κ1) is 12.8. The predicted octanol–water partition coefficient (Wildman–Crippen LogP) is 2.82. The van der Waals surface area contributed by atoms with Crippen LogP contribution in [0.2, 0.25) is 0 Å². The van der Waals surface area contributed by atoms with E-state index in [-0.39, 0.29) is 0 Å². The average molecular weight is 243 g/mol. The van der Waals surface area contributed by atoms with Gasteiger partial charge in [-0.15, -0.1) is 0 Å². The van der Waals surface area contributed by atoms with Gasteiger partial charge in [0.2, 0.25) is 0 Å². The lowest BCUT2D eigenvalue weighted by atomic mass is 10.2. The molecule has 1 atom stereocenters. The fourth-order valence-corrected chi connectivity index (χ4v) is 1.79. The Hall–Kier alpha value is -1.61. The van der Waals surface area contributed by atoms with Crippen molar-refractivity contribution in [1.82, 2.24) is 15.1 Å². The summed E-state index contributed by atoms with van der Waals surface area (Å²) in [6, 6.07) is 11.0. The second-order valence-electron chi connectivity index (χ2n) is 4.72. The van der Waals surface area contributed by atoms with Gasteiger partial charge in [0.25, 0.3) is 0 Å². The van der Waals surface area contributed by atoms with E-state index in [0.717, 1.165) is 19.5 Å². The molecule has 3 heteroatoms. The Labute approximate surface area is 109 Å². The summed E-state index contributed by atoms with van der Waals surface area (Å²) in [4.78, 5) is 0. The van der Waals surface area contributed by atoms with Crippen molar-refractivity contribution < 1.29 is 0 Å². The van der Waals surface area contributed by atoms with Crippen molar-refractivity contribution in [3.8, 4) is 0 Å². The molecule has 0 bridgehead atoms. The molecule has 1 N–H and O–H groups in total. The highest BCUT2D eigenvalue weighted by molar-refractivity contribution is 5.15. The number of hydrogen-bond acceptors (Lipinski definition) is 2. The first-order valence-electron chi connectivity index (χ1n) is 6.56. The van der Waals surface area contributed by atoms with E-state index < -0.39 is 0 Å². The number of nitrogens with zero attached hydrogens (tertiary/aromatic N) is 2. The van der Waals surface area contributed by atoms with Gasteiger partial charge in [-0.3, -0.25) is 4.68 Å². The van der Waals surface area contributed by atoms with Crippen LogP contribution in [-0.2, 0) is 13.1 Å². The SMILES string of the molecule is CCC(C)NCc1cnn(Cc2ccccc2)c1. The standard InChI is InChI=1S/C15H21N3/c1-3-13(2)16-9-15-10-17-18(12-15)11-14-7-5-4-6-8-14/h4-8,10,12-13,16H,3,9,11H2,1-2H3. The number of nitrogens with one attached hydrogen (secondary N) is 1. The molecule has 0 saturated heterocycles. The molecule has 1 aromatic carbocycles. The largest absolute Gasteiger partial charge is 0.310 e. The lowest BCUT2D eigenvalue weighted by Gasteiger charge is -2.09. The van der Waals surface area contributed by atoms with Crippen molar-refractivity contribution >= 4 is 0 Å². The lowest BCUT2D eigenvalue weighted by molar-refractivity contribution is 0.534. The first-order valence-corrected chi connectivity index (χ1v) is 6.56. The highest BCUT2D eigenvalue weighted by atomic mass is 15.3. The molecule has 0 aliphatic carbocycles. The Balaban J connectivity index is 1.90. The van der Waals surface area contributed by atoms with E-state index in [1.807, 2.05) is 16.9 Å². The van der Waals surface area contributed by atoms with Crippen LogP contribution in [0.25, 0.3) is 0 Å². The molecule has 0 saturated carbocycles. The summed E-state index contributed by atoms with van der Waals surface area (Å²) in [6.45, 7) is 6.12.